The highest BCUT2D eigenvalue weighted by Crippen LogP contribution is 2.25. The van der Waals surface area contributed by atoms with Crippen LogP contribution in [0, 0.1) is 5.92 Å². The van der Waals surface area contributed by atoms with E-state index in [4.69, 9.17) is 0 Å². The van der Waals surface area contributed by atoms with Crippen molar-refractivity contribution in [3.05, 3.63) is 46.0 Å². The van der Waals surface area contributed by atoms with Gasteiger partial charge < -0.3 is 0 Å². The van der Waals surface area contributed by atoms with Crippen molar-refractivity contribution in [3.8, 4) is 0 Å². The summed E-state index contributed by atoms with van der Waals surface area (Å²) in [7, 11) is 0. The Morgan fingerprint density at radius 2 is 2.08 bits per heavy atom. The van der Waals surface area contributed by atoms with Crippen LogP contribution in [-0.4, -0.2) is 32.7 Å². The quantitative estimate of drug-likeness (QED) is 0.861. The number of hydrogen-bond acceptors (Lipinski definition) is 4. The van der Waals surface area contributed by atoms with E-state index >= 15 is 0 Å². The van der Waals surface area contributed by atoms with Crippen LogP contribution in [0.2, 0.25) is 0 Å². The molecule has 2 aromatic heterocycles. The largest absolute Gasteiger partial charge is 0.298 e. The molecule has 0 N–H and O–H groups in total. The Kier molecular flexibility index (Phi) is 4.54. The smallest absolute Gasteiger partial charge is 0.262 e. The molecule has 0 aliphatic carbocycles. The van der Waals surface area contributed by atoms with Gasteiger partial charge in [0.05, 0.1) is 11.6 Å². The molecule has 0 spiro atoms. The average Bonchev–Trinajstić information content (AvgIpc) is 2.90. The lowest BCUT2D eigenvalue weighted by atomic mass is 9.88. The van der Waals surface area contributed by atoms with Crippen molar-refractivity contribution in [3.63, 3.8) is 0 Å². The van der Waals surface area contributed by atoms with E-state index in [-0.39, 0.29) is 22.8 Å². The predicted molar refractivity (Wildman–Crippen MR) is 98.8 cm³/mol. The predicted octanol–water partition coefficient (Wildman–Crippen LogP) is 2.79. The van der Waals surface area contributed by atoms with E-state index in [9.17, 15) is 9.59 Å². The maximum absolute atomic E-state index is 12.8. The molecule has 5 nitrogen and oxygen atoms in total. The monoisotopic (exact) mass is 341 g/mol. The second kappa shape index (κ2) is 6.37. The third-order valence-corrected chi connectivity index (χ3v) is 5.10. The van der Waals surface area contributed by atoms with Crippen LogP contribution in [0.4, 0.5) is 0 Å². The Morgan fingerprint density at radius 3 is 2.72 bits per heavy atom. The lowest BCUT2D eigenvalue weighted by Crippen LogP contribution is -2.36. The number of aromatic nitrogens is 2. The summed E-state index contributed by atoms with van der Waals surface area (Å²) in [6.45, 7) is 11.5. The minimum absolute atomic E-state index is 0.0124. The van der Waals surface area contributed by atoms with Crippen LogP contribution in [0.3, 0.4) is 0 Å². The normalized spacial score (nSPS) is 21.8. The van der Waals surface area contributed by atoms with E-state index in [0.717, 1.165) is 18.5 Å². The Bertz CT molecular complexity index is 863. The van der Waals surface area contributed by atoms with Gasteiger partial charge >= 0.3 is 0 Å². The van der Waals surface area contributed by atoms with Crippen LogP contribution in [0.1, 0.15) is 52.2 Å². The maximum atomic E-state index is 12.8. The van der Waals surface area contributed by atoms with Crippen molar-refractivity contribution in [2.45, 2.75) is 59.0 Å². The third-order valence-electron chi connectivity index (χ3n) is 5.10. The summed E-state index contributed by atoms with van der Waals surface area (Å²) in [6, 6.07) is 3.87. The van der Waals surface area contributed by atoms with E-state index in [2.05, 4.69) is 37.6 Å². The fraction of sp³-hybridized carbons (Fsp3) is 0.550. The first kappa shape index (κ1) is 17.8. The molecular weight excluding hydrogens is 314 g/mol. The number of likely N-dealkylation sites (tertiary alicyclic amines) is 1. The first-order valence-electron chi connectivity index (χ1n) is 8.92. The molecule has 3 heterocycles. The number of hydrogen-bond donors (Lipinski definition) is 0. The van der Waals surface area contributed by atoms with E-state index in [1.807, 2.05) is 18.3 Å². The zero-order chi connectivity index (χ0) is 18.4. The van der Waals surface area contributed by atoms with Gasteiger partial charge in [0, 0.05) is 25.5 Å². The summed E-state index contributed by atoms with van der Waals surface area (Å²) in [5, 5.41) is 0. The van der Waals surface area contributed by atoms with Gasteiger partial charge in [-0.1, -0.05) is 27.7 Å². The van der Waals surface area contributed by atoms with Gasteiger partial charge in [-0.15, -0.1) is 0 Å². The Balaban J connectivity index is 1.94. The molecule has 0 bridgehead atoms. The van der Waals surface area contributed by atoms with Crippen LogP contribution < -0.4 is 5.56 Å². The van der Waals surface area contributed by atoms with Crippen LogP contribution in [0.15, 0.2) is 29.3 Å². The molecule has 1 aliphatic rings. The minimum Gasteiger partial charge on any atom is -0.298 e. The molecule has 134 valence electrons. The first-order valence-corrected chi connectivity index (χ1v) is 8.92. The number of Topliss-reactive ketones (excluding diaryl/α,β-unsaturated/α-hetero) is 1. The summed E-state index contributed by atoms with van der Waals surface area (Å²) in [5.41, 5.74) is 2.42. The van der Waals surface area contributed by atoms with Crippen molar-refractivity contribution in [2.24, 2.45) is 5.92 Å². The average molecular weight is 341 g/mol. The summed E-state index contributed by atoms with van der Waals surface area (Å²) < 4.78 is 1.60. The molecular formula is C20H27N3O2. The zero-order valence-electron chi connectivity index (χ0n) is 15.7. The molecule has 25 heavy (non-hydrogen) atoms. The summed E-state index contributed by atoms with van der Waals surface area (Å²) in [4.78, 5) is 31.3. The van der Waals surface area contributed by atoms with Gasteiger partial charge in [-0.3, -0.25) is 18.9 Å². The maximum Gasteiger partial charge on any atom is 0.262 e. The van der Waals surface area contributed by atoms with E-state index < -0.39 is 0 Å². The number of carbonyl (C=O) groups excluding carboxylic acids is 1. The van der Waals surface area contributed by atoms with Crippen molar-refractivity contribution in [1.82, 2.24) is 14.3 Å². The van der Waals surface area contributed by atoms with Crippen LogP contribution in [0.25, 0.3) is 5.65 Å². The highest BCUT2D eigenvalue weighted by Gasteiger charge is 2.33. The fourth-order valence-electron chi connectivity index (χ4n) is 3.64. The summed E-state index contributed by atoms with van der Waals surface area (Å²) in [5.74, 6) is 0.646. The molecule has 0 aromatic carbocycles. The Labute approximate surface area is 148 Å². The second-order valence-corrected chi connectivity index (χ2v) is 8.38. The number of fused-ring (bicyclic) bond motifs is 1. The molecule has 5 heteroatoms. The van der Waals surface area contributed by atoms with Gasteiger partial charge in [-0.05, 0) is 42.4 Å². The number of ketones is 1. The summed E-state index contributed by atoms with van der Waals surface area (Å²) >= 11 is 0. The Morgan fingerprint density at radius 1 is 1.36 bits per heavy atom. The van der Waals surface area contributed by atoms with Crippen molar-refractivity contribution in [1.29, 1.82) is 0 Å². The van der Waals surface area contributed by atoms with Crippen molar-refractivity contribution < 1.29 is 4.79 Å². The molecule has 2 atom stereocenters. The number of pyridine rings is 1. The van der Waals surface area contributed by atoms with Crippen LogP contribution >= 0.6 is 0 Å². The van der Waals surface area contributed by atoms with Gasteiger partial charge in [0.1, 0.15) is 11.4 Å². The SMILES string of the molecule is CC(=O)[C@@H]1C[C@@H](C)CN1Cc1cnc2cc(C(C)(C)C)ccn2c1=O. The van der Waals surface area contributed by atoms with Gasteiger partial charge in [0.25, 0.3) is 5.56 Å². The van der Waals surface area contributed by atoms with E-state index in [0.29, 0.717) is 23.7 Å². The van der Waals surface area contributed by atoms with Crippen LogP contribution in [0.5, 0.6) is 0 Å². The molecule has 1 fully saturated rings. The molecule has 0 amide bonds. The lowest BCUT2D eigenvalue weighted by Gasteiger charge is -2.22. The van der Waals surface area contributed by atoms with Gasteiger partial charge in [-0.2, -0.15) is 0 Å². The molecule has 2 aromatic rings. The second-order valence-electron chi connectivity index (χ2n) is 8.38. The molecule has 3 rings (SSSR count). The van der Waals surface area contributed by atoms with E-state index in [1.54, 1.807) is 17.5 Å². The van der Waals surface area contributed by atoms with E-state index in [1.165, 1.54) is 0 Å². The molecule has 0 unspecified atom stereocenters. The fourth-order valence-corrected chi connectivity index (χ4v) is 3.64. The third kappa shape index (κ3) is 3.52. The highest BCUT2D eigenvalue weighted by molar-refractivity contribution is 5.81. The number of nitrogens with zero attached hydrogens (tertiary/aromatic N) is 3. The van der Waals surface area contributed by atoms with Crippen LogP contribution in [-0.2, 0) is 16.8 Å². The van der Waals surface area contributed by atoms with Crippen molar-refractivity contribution in [2.75, 3.05) is 6.54 Å². The number of rotatable bonds is 3. The minimum atomic E-state index is -0.0848. The molecule has 1 aliphatic heterocycles. The van der Waals surface area contributed by atoms with Gasteiger partial charge in [-0.25, -0.2) is 4.98 Å². The standard InChI is InChI=1S/C20H27N3O2/c1-13-8-17(14(2)24)22(11-13)12-15-10-21-18-9-16(20(3,4)5)6-7-23(18)19(15)25/h6-7,9-10,13,17H,8,11-12H2,1-5H3/t13-,17+/m1/s1. The molecule has 1 saturated heterocycles. The molecule has 0 radical (unpaired) electrons. The number of carbonyl (C=O) groups is 1. The van der Waals surface area contributed by atoms with Crippen molar-refractivity contribution >= 4 is 11.4 Å². The molecule has 0 saturated carbocycles. The highest BCUT2D eigenvalue weighted by atomic mass is 16.1. The summed E-state index contributed by atoms with van der Waals surface area (Å²) in [6.07, 6.45) is 4.35. The Hall–Kier alpha value is -2.01. The van der Waals surface area contributed by atoms with Gasteiger partial charge in [0.15, 0.2) is 0 Å². The first-order chi connectivity index (χ1) is 11.7. The topological polar surface area (TPSA) is 54.7 Å². The zero-order valence-corrected chi connectivity index (χ0v) is 15.7. The van der Waals surface area contributed by atoms with Gasteiger partial charge in [0.2, 0.25) is 0 Å². The lowest BCUT2D eigenvalue weighted by molar-refractivity contribution is -0.121.